The van der Waals surface area contributed by atoms with E-state index in [1.807, 2.05) is 33.0 Å². The third kappa shape index (κ3) is 5.33. The Kier molecular flexibility index (Phi) is 6.01. The summed E-state index contributed by atoms with van der Waals surface area (Å²) in [6, 6.07) is 8.30. The molecule has 0 saturated carbocycles. The van der Waals surface area contributed by atoms with Gasteiger partial charge in [0.2, 0.25) is 0 Å². The van der Waals surface area contributed by atoms with Crippen molar-refractivity contribution in [2.24, 2.45) is 5.41 Å². The summed E-state index contributed by atoms with van der Waals surface area (Å²) in [6.07, 6.45) is 0.965. The molecule has 0 fully saturated rings. The normalized spacial score (nSPS) is 11.7. The molecule has 3 nitrogen and oxygen atoms in total. The lowest BCUT2D eigenvalue weighted by atomic mass is 9.93. The number of esters is 1. The molecule has 106 valence electrons. The first kappa shape index (κ1) is 16.2. The van der Waals surface area contributed by atoms with E-state index in [-0.39, 0.29) is 5.97 Å². The molecule has 1 aromatic carbocycles. The van der Waals surface area contributed by atoms with Crippen molar-refractivity contribution in [3.05, 3.63) is 34.3 Å². The first-order valence-electron chi connectivity index (χ1n) is 6.36. The molecule has 0 aliphatic rings. The van der Waals surface area contributed by atoms with E-state index in [0.717, 1.165) is 17.4 Å². The molecule has 0 unspecified atom stereocenters. The Balaban J connectivity index is 2.48. The van der Waals surface area contributed by atoms with Crippen molar-refractivity contribution in [1.82, 2.24) is 4.90 Å². The lowest BCUT2D eigenvalue weighted by molar-refractivity contribution is -0.151. The number of ether oxygens (including phenoxy) is 1. The van der Waals surface area contributed by atoms with E-state index >= 15 is 0 Å². The van der Waals surface area contributed by atoms with Gasteiger partial charge in [-0.05, 0) is 45.0 Å². The first-order chi connectivity index (χ1) is 8.85. The van der Waals surface area contributed by atoms with E-state index in [2.05, 4.69) is 33.0 Å². The van der Waals surface area contributed by atoms with Crippen molar-refractivity contribution >= 4 is 21.9 Å². The molecule has 0 N–H and O–H groups in total. The topological polar surface area (TPSA) is 29.5 Å². The standard InChI is InChI=1S/C15H22BrNO2/c1-15(2,14(18)19-4)11-17(3)9-8-12-6-5-7-13(16)10-12/h5-7,10H,8-9,11H2,1-4H3. The number of hydrogen-bond acceptors (Lipinski definition) is 3. The monoisotopic (exact) mass is 327 g/mol. The van der Waals surface area contributed by atoms with Gasteiger partial charge in [0.1, 0.15) is 0 Å². The molecule has 0 radical (unpaired) electrons. The zero-order chi connectivity index (χ0) is 14.5. The van der Waals surface area contributed by atoms with E-state index < -0.39 is 5.41 Å². The molecule has 0 amide bonds. The minimum Gasteiger partial charge on any atom is -0.469 e. The van der Waals surface area contributed by atoms with Gasteiger partial charge >= 0.3 is 5.97 Å². The number of likely N-dealkylation sites (N-methyl/N-ethyl adjacent to an activating group) is 1. The summed E-state index contributed by atoms with van der Waals surface area (Å²) in [5, 5.41) is 0. The molecule has 0 saturated heterocycles. The van der Waals surface area contributed by atoms with Gasteiger partial charge in [-0.2, -0.15) is 0 Å². The molecule has 0 heterocycles. The predicted octanol–water partition coefficient (Wildman–Crippen LogP) is 3.12. The number of carbonyl (C=O) groups is 1. The van der Waals surface area contributed by atoms with Gasteiger partial charge < -0.3 is 9.64 Å². The second kappa shape index (κ2) is 7.06. The van der Waals surface area contributed by atoms with E-state index in [1.165, 1.54) is 12.7 Å². The van der Waals surface area contributed by atoms with Crippen LogP contribution in [0.15, 0.2) is 28.7 Å². The Hall–Kier alpha value is -0.870. The number of carbonyl (C=O) groups excluding carboxylic acids is 1. The van der Waals surface area contributed by atoms with Gasteiger partial charge in [-0.3, -0.25) is 4.79 Å². The number of halogens is 1. The number of rotatable bonds is 6. The summed E-state index contributed by atoms with van der Waals surface area (Å²) in [7, 11) is 3.47. The van der Waals surface area contributed by atoms with Crippen LogP contribution in [0, 0.1) is 5.41 Å². The van der Waals surface area contributed by atoms with Crippen LogP contribution in [0.5, 0.6) is 0 Å². The van der Waals surface area contributed by atoms with Crippen molar-refractivity contribution in [3.8, 4) is 0 Å². The smallest absolute Gasteiger partial charge is 0.312 e. The van der Waals surface area contributed by atoms with Crippen molar-refractivity contribution in [2.45, 2.75) is 20.3 Å². The summed E-state index contributed by atoms with van der Waals surface area (Å²) in [6.45, 7) is 5.42. The van der Waals surface area contributed by atoms with Gasteiger partial charge in [0, 0.05) is 17.6 Å². The average molecular weight is 328 g/mol. The van der Waals surface area contributed by atoms with E-state index in [1.54, 1.807) is 0 Å². The lowest BCUT2D eigenvalue weighted by Gasteiger charge is -2.27. The van der Waals surface area contributed by atoms with Crippen LogP contribution in [-0.2, 0) is 16.0 Å². The first-order valence-corrected chi connectivity index (χ1v) is 7.16. The molecule has 1 aromatic rings. The van der Waals surface area contributed by atoms with Crippen molar-refractivity contribution in [1.29, 1.82) is 0 Å². The van der Waals surface area contributed by atoms with E-state index in [0.29, 0.717) is 6.54 Å². The maximum Gasteiger partial charge on any atom is 0.312 e. The second-order valence-electron chi connectivity index (χ2n) is 5.49. The Labute approximate surface area is 124 Å². The summed E-state index contributed by atoms with van der Waals surface area (Å²) in [5.74, 6) is -0.165. The van der Waals surface area contributed by atoms with Crippen LogP contribution in [0.4, 0.5) is 0 Å². The lowest BCUT2D eigenvalue weighted by Crippen LogP contribution is -2.38. The van der Waals surface area contributed by atoms with Gasteiger partial charge in [0.25, 0.3) is 0 Å². The summed E-state index contributed by atoms with van der Waals surface area (Å²) in [5.41, 5.74) is 0.818. The Morgan fingerprint density at radius 1 is 1.42 bits per heavy atom. The number of benzene rings is 1. The molecule has 0 aliphatic heterocycles. The Morgan fingerprint density at radius 2 is 2.11 bits per heavy atom. The van der Waals surface area contributed by atoms with Crippen LogP contribution in [-0.4, -0.2) is 38.1 Å². The molecular weight excluding hydrogens is 306 g/mol. The molecule has 0 bridgehead atoms. The van der Waals surface area contributed by atoms with Crippen LogP contribution in [0.2, 0.25) is 0 Å². The number of hydrogen-bond donors (Lipinski definition) is 0. The largest absolute Gasteiger partial charge is 0.469 e. The highest BCUT2D eigenvalue weighted by atomic mass is 79.9. The summed E-state index contributed by atoms with van der Waals surface area (Å²) >= 11 is 3.47. The fourth-order valence-electron chi connectivity index (χ4n) is 2.11. The number of nitrogens with zero attached hydrogens (tertiary/aromatic N) is 1. The van der Waals surface area contributed by atoms with Crippen molar-refractivity contribution < 1.29 is 9.53 Å². The Morgan fingerprint density at radius 3 is 2.68 bits per heavy atom. The van der Waals surface area contributed by atoms with E-state index in [9.17, 15) is 4.79 Å². The predicted molar refractivity (Wildman–Crippen MR) is 81.1 cm³/mol. The molecule has 0 atom stereocenters. The minimum atomic E-state index is -0.471. The summed E-state index contributed by atoms with van der Waals surface area (Å²) in [4.78, 5) is 13.8. The van der Waals surface area contributed by atoms with Gasteiger partial charge in [-0.25, -0.2) is 0 Å². The molecule has 0 aliphatic carbocycles. The maximum atomic E-state index is 11.6. The van der Waals surface area contributed by atoms with Gasteiger partial charge in [0.15, 0.2) is 0 Å². The van der Waals surface area contributed by atoms with Crippen molar-refractivity contribution in [2.75, 3.05) is 27.2 Å². The van der Waals surface area contributed by atoms with Crippen LogP contribution in [0.1, 0.15) is 19.4 Å². The average Bonchev–Trinajstić information content (AvgIpc) is 2.35. The third-order valence-corrected chi connectivity index (χ3v) is 3.57. The highest BCUT2D eigenvalue weighted by molar-refractivity contribution is 9.10. The summed E-state index contributed by atoms with van der Waals surface area (Å²) < 4.78 is 5.92. The maximum absolute atomic E-state index is 11.6. The highest BCUT2D eigenvalue weighted by Gasteiger charge is 2.29. The van der Waals surface area contributed by atoms with Gasteiger partial charge in [0.05, 0.1) is 12.5 Å². The molecular formula is C15H22BrNO2. The van der Waals surface area contributed by atoms with Crippen LogP contribution in [0.25, 0.3) is 0 Å². The number of methoxy groups -OCH3 is 1. The quantitative estimate of drug-likeness (QED) is 0.752. The van der Waals surface area contributed by atoms with E-state index in [4.69, 9.17) is 4.74 Å². The van der Waals surface area contributed by atoms with Crippen LogP contribution < -0.4 is 0 Å². The van der Waals surface area contributed by atoms with Crippen LogP contribution >= 0.6 is 15.9 Å². The molecule has 0 spiro atoms. The highest BCUT2D eigenvalue weighted by Crippen LogP contribution is 2.18. The third-order valence-electron chi connectivity index (χ3n) is 3.07. The Bertz CT molecular complexity index is 432. The fourth-order valence-corrected chi connectivity index (χ4v) is 2.55. The zero-order valence-corrected chi connectivity index (χ0v) is 13.7. The van der Waals surface area contributed by atoms with Crippen LogP contribution in [0.3, 0.4) is 0 Å². The molecule has 19 heavy (non-hydrogen) atoms. The fraction of sp³-hybridized carbons (Fsp3) is 0.533. The van der Waals surface area contributed by atoms with Gasteiger partial charge in [-0.15, -0.1) is 0 Å². The SMILES string of the molecule is COC(=O)C(C)(C)CN(C)CCc1cccc(Br)c1. The van der Waals surface area contributed by atoms with Crippen molar-refractivity contribution in [3.63, 3.8) is 0 Å². The van der Waals surface area contributed by atoms with Gasteiger partial charge in [-0.1, -0.05) is 28.1 Å². The zero-order valence-electron chi connectivity index (χ0n) is 12.1. The molecule has 1 rings (SSSR count). The second-order valence-corrected chi connectivity index (χ2v) is 6.41. The molecule has 0 aromatic heterocycles. The minimum absolute atomic E-state index is 0.165. The molecule has 4 heteroatoms.